The van der Waals surface area contributed by atoms with E-state index in [-0.39, 0.29) is 0 Å². The number of hydrogen-bond donors (Lipinski definition) is 1. The molecule has 0 unspecified atom stereocenters. The predicted molar refractivity (Wildman–Crippen MR) is 89.6 cm³/mol. The van der Waals surface area contributed by atoms with Gasteiger partial charge in [0.25, 0.3) is 0 Å². The average molecular weight is 364 g/mol. The molecular formula is C16H12BrClN2O. The predicted octanol–water partition coefficient (Wildman–Crippen LogP) is 4.81. The molecule has 0 amide bonds. The van der Waals surface area contributed by atoms with Gasteiger partial charge >= 0.3 is 0 Å². The van der Waals surface area contributed by atoms with Gasteiger partial charge in [0.05, 0.1) is 5.02 Å². The monoisotopic (exact) mass is 362 g/mol. The van der Waals surface area contributed by atoms with Crippen LogP contribution in [0.3, 0.4) is 0 Å². The Balaban J connectivity index is 1.88. The first-order valence-electron chi connectivity index (χ1n) is 6.35. The van der Waals surface area contributed by atoms with E-state index in [1.807, 2.05) is 42.5 Å². The zero-order valence-electron chi connectivity index (χ0n) is 11.0. The molecule has 3 aromatic rings. The Kier molecular flexibility index (Phi) is 3.99. The number of nitrogens with zero attached hydrogens (tertiary/aromatic N) is 1. The Hall–Kier alpha value is -1.78. The molecule has 106 valence electrons. The van der Waals surface area contributed by atoms with E-state index in [0.717, 1.165) is 20.9 Å². The molecule has 0 bridgehead atoms. The SMILES string of the molecule is Nc1cc(COc2ccc(Cl)c3cccnc23)ccc1Br. The Bertz CT molecular complexity index is 807. The molecule has 0 aliphatic heterocycles. The molecule has 0 fully saturated rings. The second-order valence-electron chi connectivity index (χ2n) is 4.59. The van der Waals surface area contributed by atoms with Crippen LogP contribution in [0.4, 0.5) is 5.69 Å². The van der Waals surface area contributed by atoms with Gasteiger partial charge in [0.15, 0.2) is 0 Å². The topological polar surface area (TPSA) is 48.1 Å². The number of rotatable bonds is 3. The summed E-state index contributed by atoms with van der Waals surface area (Å²) < 4.78 is 6.74. The molecule has 1 aromatic heterocycles. The fourth-order valence-electron chi connectivity index (χ4n) is 2.07. The molecule has 2 aromatic carbocycles. The minimum atomic E-state index is 0.421. The summed E-state index contributed by atoms with van der Waals surface area (Å²) in [6, 6.07) is 13.2. The highest BCUT2D eigenvalue weighted by molar-refractivity contribution is 9.10. The second-order valence-corrected chi connectivity index (χ2v) is 5.85. The Morgan fingerprint density at radius 3 is 2.86 bits per heavy atom. The van der Waals surface area contributed by atoms with Crippen LogP contribution in [-0.2, 0) is 6.61 Å². The highest BCUT2D eigenvalue weighted by atomic mass is 79.9. The van der Waals surface area contributed by atoms with Crippen molar-refractivity contribution in [3.8, 4) is 5.75 Å². The number of anilines is 1. The molecule has 0 saturated heterocycles. The molecule has 3 rings (SSSR count). The zero-order chi connectivity index (χ0) is 14.8. The summed E-state index contributed by atoms with van der Waals surface area (Å²) in [7, 11) is 0. The van der Waals surface area contributed by atoms with Crippen LogP contribution in [-0.4, -0.2) is 4.98 Å². The fraction of sp³-hybridized carbons (Fsp3) is 0.0625. The molecule has 0 saturated carbocycles. The Morgan fingerprint density at radius 2 is 2.05 bits per heavy atom. The maximum Gasteiger partial charge on any atom is 0.146 e. The van der Waals surface area contributed by atoms with Gasteiger partial charge in [0.2, 0.25) is 0 Å². The lowest BCUT2D eigenvalue weighted by atomic mass is 10.2. The van der Waals surface area contributed by atoms with Crippen LogP contribution in [0.5, 0.6) is 5.75 Å². The summed E-state index contributed by atoms with van der Waals surface area (Å²) in [6.07, 6.45) is 1.73. The van der Waals surface area contributed by atoms with E-state index < -0.39 is 0 Å². The van der Waals surface area contributed by atoms with Gasteiger partial charge in [-0.05, 0) is 57.9 Å². The van der Waals surface area contributed by atoms with Crippen LogP contribution in [0.1, 0.15) is 5.56 Å². The first-order chi connectivity index (χ1) is 10.1. The minimum Gasteiger partial charge on any atom is -0.487 e. The first-order valence-corrected chi connectivity index (χ1v) is 7.52. The van der Waals surface area contributed by atoms with Crippen molar-refractivity contribution in [3.63, 3.8) is 0 Å². The van der Waals surface area contributed by atoms with Crippen LogP contribution < -0.4 is 10.5 Å². The molecule has 0 aliphatic carbocycles. The lowest BCUT2D eigenvalue weighted by Gasteiger charge is -2.10. The number of hydrogen-bond acceptors (Lipinski definition) is 3. The number of halogens is 2. The summed E-state index contributed by atoms with van der Waals surface area (Å²) in [5, 5.41) is 1.55. The molecule has 0 aliphatic rings. The standard InChI is InChI=1S/C16H12BrClN2O/c17-12-4-3-10(8-14(12)19)9-21-15-6-5-13(18)11-2-1-7-20-16(11)15/h1-8H,9,19H2. The van der Waals surface area contributed by atoms with E-state index in [2.05, 4.69) is 20.9 Å². The number of fused-ring (bicyclic) bond motifs is 1. The number of nitrogens with two attached hydrogens (primary N) is 1. The van der Waals surface area contributed by atoms with E-state index in [1.54, 1.807) is 6.20 Å². The van der Waals surface area contributed by atoms with Gasteiger partial charge in [0, 0.05) is 21.7 Å². The van der Waals surface area contributed by atoms with Crippen molar-refractivity contribution in [2.24, 2.45) is 0 Å². The molecule has 1 heterocycles. The smallest absolute Gasteiger partial charge is 0.146 e. The molecule has 2 N–H and O–H groups in total. The van der Waals surface area contributed by atoms with Gasteiger partial charge in [-0.2, -0.15) is 0 Å². The lowest BCUT2D eigenvalue weighted by molar-refractivity contribution is 0.309. The number of aromatic nitrogens is 1. The van der Waals surface area contributed by atoms with Gasteiger partial charge in [-0.1, -0.05) is 17.7 Å². The maximum absolute atomic E-state index is 6.17. The minimum absolute atomic E-state index is 0.421. The second kappa shape index (κ2) is 5.92. The van der Waals surface area contributed by atoms with Gasteiger partial charge in [-0.25, -0.2) is 0 Å². The van der Waals surface area contributed by atoms with Gasteiger partial charge < -0.3 is 10.5 Å². The fourth-order valence-corrected chi connectivity index (χ4v) is 2.53. The molecular weight excluding hydrogens is 352 g/mol. The summed E-state index contributed by atoms with van der Waals surface area (Å²) in [6.45, 7) is 0.421. The third-order valence-corrected chi connectivity index (χ3v) is 4.19. The third kappa shape index (κ3) is 2.96. The summed E-state index contributed by atoms with van der Waals surface area (Å²) >= 11 is 9.54. The highest BCUT2D eigenvalue weighted by Crippen LogP contribution is 2.30. The van der Waals surface area contributed by atoms with Crippen LogP contribution in [0, 0.1) is 0 Å². The lowest BCUT2D eigenvalue weighted by Crippen LogP contribution is -1.98. The summed E-state index contributed by atoms with van der Waals surface area (Å²) in [5.41, 5.74) is 8.31. The normalized spacial score (nSPS) is 10.8. The van der Waals surface area contributed by atoms with Crippen LogP contribution >= 0.6 is 27.5 Å². The highest BCUT2D eigenvalue weighted by Gasteiger charge is 2.07. The van der Waals surface area contributed by atoms with Crippen LogP contribution in [0.15, 0.2) is 53.1 Å². The van der Waals surface area contributed by atoms with Gasteiger partial charge in [-0.15, -0.1) is 0 Å². The zero-order valence-corrected chi connectivity index (χ0v) is 13.4. The summed E-state index contributed by atoms with van der Waals surface area (Å²) in [4.78, 5) is 4.34. The number of ether oxygens (including phenoxy) is 1. The maximum atomic E-state index is 6.17. The number of benzene rings is 2. The third-order valence-electron chi connectivity index (χ3n) is 3.13. The quantitative estimate of drug-likeness (QED) is 0.679. The van der Waals surface area contributed by atoms with E-state index in [1.165, 1.54) is 0 Å². The largest absolute Gasteiger partial charge is 0.487 e. The molecule has 0 radical (unpaired) electrons. The van der Waals surface area contributed by atoms with Gasteiger partial charge in [0.1, 0.15) is 17.9 Å². The van der Waals surface area contributed by atoms with Crippen molar-refractivity contribution in [3.05, 3.63) is 63.7 Å². The molecule has 5 heteroatoms. The van der Waals surface area contributed by atoms with Crippen molar-refractivity contribution in [1.29, 1.82) is 0 Å². The summed E-state index contributed by atoms with van der Waals surface area (Å²) in [5.74, 6) is 0.705. The van der Waals surface area contributed by atoms with Crippen molar-refractivity contribution < 1.29 is 4.74 Å². The van der Waals surface area contributed by atoms with E-state index >= 15 is 0 Å². The van der Waals surface area contributed by atoms with Crippen LogP contribution in [0.25, 0.3) is 10.9 Å². The van der Waals surface area contributed by atoms with Crippen LogP contribution in [0.2, 0.25) is 5.02 Å². The van der Waals surface area contributed by atoms with Crippen molar-refractivity contribution >= 4 is 44.1 Å². The van der Waals surface area contributed by atoms with Crippen molar-refractivity contribution in [2.75, 3.05) is 5.73 Å². The molecule has 21 heavy (non-hydrogen) atoms. The van der Waals surface area contributed by atoms with Crippen molar-refractivity contribution in [1.82, 2.24) is 4.98 Å². The first kappa shape index (κ1) is 14.2. The van der Waals surface area contributed by atoms with E-state index in [0.29, 0.717) is 23.1 Å². The molecule has 0 spiro atoms. The average Bonchev–Trinajstić information content (AvgIpc) is 2.50. The number of pyridine rings is 1. The Labute approximate surface area is 135 Å². The van der Waals surface area contributed by atoms with E-state index in [4.69, 9.17) is 22.1 Å². The molecule has 3 nitrogen and oxygen atoms in total. The number of nitrogen functional groups attached to an aromatic ring is 1. The Morgan fingerprint density at radius 1 is 1.19 bits per heavy atom. The van der Waals surface area contributed by atoms with E-state index in [9.17, 15) is 0 Å². The molecule has 0 atom stereocenters. The van der Waals surface area contributed by atoms with Crippen molar-refractivity contribution in [2.45, 2.75) is 6.61 Å². The van der Waals surface area contributed by atoms with Gasteiger partial charge in [-0.3, -0.25) is 4.98 Å².